The van der Waals surface area contributed by atoms with E-state index in [1.54, 1.807) is 18.2 Å². The number of carbonyl (C=O) groups excluding carboxylic acids is 1. The topological polar surface area (TPSA) is 46.5 Å². The second kappa shape index (κ2) is 5.73. The van der Waals surface area contributed by atoms with E-state index in [4.69, 9.17) is 21.4 Å². The van der Waals surface area contributed by atoms with Gasteiger partial charge in [-0.05, 0) is 24.6 Å². The van der Waals surface area contributed by atoms with Gasteiger partial charge in [0, 0.05) is 18.1 Å². The second-order valence-electron chi connectivity index (χ2n) is 3.09. The fraction of sp³-hybridized carbons (Fsp3) is 0.364. The van der Waals surface area contributed by atoms with Crippen molar-refractivity contribution in [1.82, 2.24) is 0 Å². The highest BCUT2D eigenvalue weighted by molar-refractivity contribution is 6.31. The summed E-state index contributed by atoms with van der Waals surface area (Å²) < 4.78 is 5.06. The number of rotatable bonds is 5. The first kappa shape index (κ1) is 12.0. The van der Waals surface area contributed by atoms with Crippen molar-refractivity contribution < 1.29 is 14.6 Å². The maximum absolute atomic E-state index is 11.7. The molecule has 0 fully saturated rings. The number of benzene rings is 1. The highest BCUT2D eigenvalue weighted by atomic mass is 35.5. The van der Waals surface area contributed by atoms with Crippen LogP contribution in [0.2, 0.25) is 5.02 Å². The van der Waals surface area contributed by atoms with Crippen molar-refractivity contribution in [3.8, 4) is 5.75 Å². The molecule has 0 aliphatic rings. The Morgan fingerprint density at radius 3 is 2.87 bits per heavy atom. The first-order valence-electron chi connectivity index (χ1n) is 4.66. The molecule has 82 valence electrons. The standard InChI is InChI=1S/C11H13ClO3/c1-15-11-5-4-8(12)7-9(11)10(14)3-2-6-13/h4-5,7,13H,2-3,6H2,1H3. The molecule has 0 radical (unpaired) electrons. The van der Waals surface area contributed by atoms with Crippen LogP contribution in [0.3, 0.4) is 0 Å². The maximum atomic E-state index is 11.7. The molecule has 0 aromatic heterocycles. The minimum absolute atomic E-state index is 0.00855. The average molecular weight is 229 g/mol. The van der Waals surface area contributed by atoms with Gasteiger partial charge >= 0.3 is 0 Å². The largest absolute Gasteiger partial charge is 0.496 e. The number of ketones is 1. The van der Waals surface area contributed by atoms with Gasteiger partial charge in [0.1, 0.15) is 5.75 Å². The van der Waals surface area contributed by atoms with Gasteiger partial charge in [-0.25, -0.2) is 0 Å². The number of aliphatic hydroxyl groups is 1. The molecule has 1 aromatic carbocycles. The molecule has 4 heteroatoms. The lowest BCUT2D eigenvalue weighted by Gasteiger charge is -2.07. The van der Waals surface area contributed by atoms with E-state index in [2.05, 4.69) is 0 Å². The molecular formula is C11H13ClO3. The number of hydrogen-bond acceptors (Lipinski definition) is 3. The lowest BCUT2D eigenvalue weighted by atomic mass is 10.1. The summed E-state index contributed by atoms with van der Waals surface area (Å²) in [5, 5.41) is 9.14. The molecule has 0 saturated heterocycles. The zero-order valence-electron chi connectivity index (χ0n) is 8.50. The van der Waals surface area contributed by atoms with E-state index in [1.165, 1.54) is 7.11 Å². The van der Waals surface area contributed by atoms with Crippen LogP contribution < -0.4 is 4.74 Å². The Hall–Kier alpha value is -1.06. The first-order valence-corrected chi connectivity index (χ1v) is 5.04. The fourth-order valence-corrected chi connectivity index (χ4v) is 1.44. The summed E-state index contributed by atoms with van der Waals surface area (Å²) in [5.74, 6) is 0.450. The predicted molar refractivity (Wildman–Crippen MR) is 58.7 cm³/mol. The van der Waals surface area contributed by atoms with E-state index >= 15 is 0 Å². The molecule has 0 spiro atoms. The number of Topliss-reactive ketones (excluding diaryl/α,β-unsaturated/α-hetero) is 1. The summed E-state index contributed by atoms with van der Waals surface area (Å²) in [4.78, 5) is 11.7. The average Bonchev–Trinajstić information content (AvgIpc) is 2.25. The van der Waals surface area contributed by atoms with Crippen molar-refractivity contribution in [2.45, 2.75) is 12.8 Å². The van der Waals surface area contributed by atoms with Crippen molar-refractivity contribution in [2.75, 3.05) is 13.7 Å². The molecule has 15 heavy (non-hydrogen) atoms. The molecule has 0 saturated carbocycles. The van der Waals surface area contributed by atoms with E-state index in [0.717, 1.165) is 0 Å². The molecule has 0 amide bonds. The summed E-state index contributed by atoms with van der Waals surface area (Å²) in [6.07, 6.45) is 0.752. The quantitative estimate of drug-likeness (QED) is 0.787. The highest BCUT2D eigenvalue weighted by Crippen LogP contribution is 2.24. The van der Waals surface area contributed by atoms with Crippen molar-refractivity contribution in [3.63, 3.8) is 0 Å². The van der Waals surface area contributed by atoms with Gasteiger partial charge in [-0.3, -0.25) is 4.79 Å². The third-order valence-electron chi connectivity index (χ3n) is 2.02. The Morgan fingerprint density at radius 1 is 1.53 bits per heavy atom. The zero-order valence-corrected chi connectivity index (χ0v) is 9.25. The normalized spacial score (nSPS) is 10.1. The summed E-state index contributed by atoms with van der Waals surface area (Å²) in [5.41, 5.74) is 0.471. The lowest BCUT2D eigenvalue weighted by molar-refractivity contribution is 0.0968. The van der Waals surface area contributed by atoms with E-state index in [1.807, 2.05) is 0 Å². The Balaban J connectivity index is 2.90. The number of aliphatic hydroxyl groups excluding tert-OH is 1. The zero-order chi connectivity index (χ0) is 11.3. The van der Waals surface area contributed by atoms with Gasteiger partial charge in [0.2, 0.25) is 0 Å². The Labute approximate surface area is 93.6 Å². The first-order chi connectivity index (χ1) is 7.19. The molecule has 1 rings (SSSR count). The van der Waals surface area contributed by atoms with Crippen LogP contribution >= 0.6 is 11.6 Å². The molecular weight excluding hydrogens is 216 g/mol. The predicted octanol–water partition coefficient (Wildman–Crippen LogP) is 2.30. The van der Waals surface area contributed by atoms with Crippen LogP contribution in [-0.4, -0.2) is 24.6 Å². The van der Waals surface area contributed by atoms with Crippen LogP contribution in [0.1, 0.15) is 23.2 Å². The van der Waals surface area contributed by atoms with Gasteiger partial charge in [0.25, 0.3) is 0 Å². The molecule has 0 aliphatic carbocycles. The van der Waals surface area contributed by atoms with Crippen molar-refractivity contribution in [2.24, 2.45) is 0 Å². The number of ether oxygens (including phenoxy) is 1. The fourth-order valence-electron chi connectivity index (χ4n) is 1.27. The van der Waals surface area contributed by atoms with Gasteiger partial charge in [0.05, 0.1) is 12.7 Å². The van der Waals surface area contributed by atoms with E-state index in [9.17, 15) is 4.79 Å². The van der Waals surface area contributed by atoms with Gasteiger partial charge in [0.15, 0.2) is 5.78 Å². The number of halogens is 1. The van der Waals surface area contributed by atoms with E-state index in [0.29, 0.717) is 29.2 Å². The Morgan fingerprint density at radius 2 is 2.27 bits per heavy atom. The van der Waals surface area contributed by atoms with Crippen molar-refractivity contribution in [1.29, 1.82) is 0 Å². The number of hydrogen-bond donors (Lipinski definition) is 1. The third kappa shape index (κ3) is 3.22. The third-order valence-corrected chi connectivity index (χ3v) is 2.26. The maximum Gasteiger partial charge on any atom is 0.166 e. The SMILES string of the molecule is COc1ccc(Cl)cc1C(=O)CCCO. The number of methoxy groups -OCH3 is 1. The van der Waals surface area contributed by atoms with Crippen LogP contribution in [0.5, 0.6) is 5.75 Å². The molecule has 1 aromatic rings. The van der Waals surface area contributed by atoms with Crippen LogP contribution in [0.25, 0.3) is 0 Å². The highest BCUT2D eigenvalue weighted by Gasteiger charge is 2.12. The molecule has 1 N–H and O–H groups in total. The minimum atomic E-state index is -0.0663. The summed E-state index contributed by atoms with van der Waals surface area (Å²) in [6.45, 7) is 0.00855. The summed E-state index contributed by atoms with van der Waals surface area (Å²) >= 11 is 5.79. The minimum Gasteiger partial charge on any atom is -0.496 e. The van der Waals surface area contributed by atoms with Crippen LogP contribution in [0.4, 0.5) is 0 Å². The molecule has 3 nitrogen and oxygen atoms in total. The van der Waals surface area contributed by atoms with Gasteiger partial charge in [-0.2, -0.15) is 0 Å². The monoisotopic (exact) mass is 228 g/mol. The Bertz CT molecular complexity index is 350. The molecule has 0 unspecified atom stereocenters. The molecule has 0 atom stereocenters. The van der Waals surface area contributed by atoms with E-state index < -0.39 is 0 Å². The van der Waals surface area contributed by atoms with Gasteiger partial charge in [-0.1, -0.05) is 11.6 Å². The second-order valence-corrected chi connectivity index (χ2v) is 3.53. The van der Waals surface area contributed by atoms with Crippen LogP contribution in [-0.2, 0) is 0 Å². The van der Waals surface area contributed by atoms with E-state index in [-0.39, 0.29) is 12.4 Å². The van der Waals surface area contributed by atoms with Gasteiger partial charge in [-0.15, -0.1) is 0 Å². The summed E-state index contributed by atoms with van der Waals surface area (Å²) in [7, 11) is 1.51. The van der Waals surface area contributed by atoms with Crippen LogP contribution in [0.15, 0.2) is 18.2 Å². The molecule has 0 aliphatic heterocycles. The van der Waals surface area contributed by atoms with Crippen molar-refractivity contribution in [3.05, 3.63) is 28.8 Å². The smallest absolute Gasteiger partial charge is 0.166 e. The van der Waals surface area contributed by atoms with Crippen molar-refractivity contribution >= 4 is 17.4 Å². The molecule has 0 heterocycles. The summed E-state index contributed by atoms with van der Waals surface area (Å²) in [6, 6.07) is 4.91. The van der Waals surface area contributed by atoms with Crippen LogP contribution in [0, 0.1) is 0 Å². The lowest BCUT2D eigenvalue weighted by Crippen LogP contribution is -2.03. The molecule has 0 bridgehead atoms. The van der Waals surface area contributed by atoms with Gasteiger partial charge < -0.3 is 9.84 Å². The Kier molecular flexibility index (Phi) is 4.59. The number of carbonyl (C=O) groups is 1.